The smallest absolute Gasteiger partial charge is 0.274 e. The number of hydrogen-bond donors (Lipinski definition) is 2. The van der Waals surface area contributed by atoms with Gasteiger partial charge in [-0.25, -0.2) is 9.97 Å². The molecule has 1 aromatic heterocycles. The van der Waals surface area contributed by atoms with Gasteiger partial charge in [-0.05, 0) is 51.3 Å². The molecule has 6 nitrogen and oxygen atoms in total. The van der Waals surface area contributed by atoms with Crippen molar-refractivity contribution < 1.29 is 4.79 Å². The number of carbonyl (C=O) groups excluding carboxylic acids is 1. The summed E-state index contributed by atoms with van der Waals surface area (Å²) < 4.78 is 0.960. The fourth-order valence-corrected chi connectivity index (χ4v) is 2.18. The van der Waals surface area contributed by atoms with E-state index in [0.717, 1.165) is 29.7 Å². The maximum Gasteiger partial charge on any atom is 0.274 e. The predicted octanol–water partition coefficient (Wildman–Crippen LogP) is 2.86. The summed E-state index contributed by atoms with van der Waals surface area (Å²) in [5.41, 5.74) is 1.05. The first-order valence-corrected chi connectivity index (χ1v) is 8.11. The van der Waals surface area contributed by atoms with Crippen molar-refractivity contribution in [1.29, 1.82) is 0 Å². The van der Waals surface area contributed by atoms with Crippen molar-refractivity contribution in [2.24, 2.45) is 0 Å². The summed E-state index contributed by atoms with van der Waals surface area (Å²) >= 11 is 3.36. The zero-order valence-corrected chi connectivity index (χ0v) is 14.8. The molecule has 0 fully saturated rings. The van der Waals surface area contributed by atoms with Crippen LogP contribution in [0.25, 0.3) is 0 Å². The molecule has 0 unspecified atom stereocenters. The average molecular weight is 378 g/mol. The number of benzene rings is 1. The molecule has 2 aromatic rings. The van der Waals surface area contributed by atoms with Crippen molar-refractivity contribution in [2.45, 2.75) is 6.42 Å². The normalized spacial score (nSPS) is 10.6. The van der Waals surface area contributed by atoms with Crippen molar-refractivity contribution in [3.8, 4) is 0 Å². The lowest BCUT2D eigenvalue weighted by Gasteiger charge is -2.10. The van der Waals surface area contributed by atoms with Gasteiger partial charge < -0.3 is 15.5 Å². The molecule has 1 heterocycles. The second-order valence-electron chi connectivity index (χ2n) is 5.33. The third-order valence-electron chi connectivity index (χ3n) is 3.09. The number of anilines is 2. The Morgan fingerprint density at radius 2 is 1.96 bits per heavy atom. The number of aromatic nitrogens is 2. The Morgan fingerprint density at radius 1 is 1.22 bits per heavy atom. The zero-order chi connectivity index (χ0) is 16.7. The van der Waals surface area contributed by atoms with Crippen LogP contribution >= 0.6 is 15.9 Å². The number of rotatable bonds is 7. The molecule has 0 saturated heterocycles. The first kappa shape index (κ1) is 17.4. The third kappa shape index (κ3) is 5.96. The molecule has 0 radical (unpaired) electrons. The lowest BCUT2D eigenvalue weighted by atomic mass is 10.3. The van der Waals surface area contributed by atoms with Crippen molar-refractivity contribution in [2.75, 3.05) is 37.8 Å². The molecule has 0 aliphatic rings. The van der Waals surface area contributed by atoms with E-state index in [2.05, 4.69) is 41.4 Å². The summed E-state index contributed by atoms with van der Waals surface area (Å²) in [6.07, 6.45) is 2.39. The molecule has 7 heteroatoms. The van der Waals surface area contributed by atoms with E-state index in [4.69, 9.17) is 0 Å². The summed E-state index contributed by atoms with van der Waals surface area (Å²) in [6.45, 7) is 1.79. The van der Waals surface area contributed by atoms with E-state index < -0.39 is 0 Å². The van der Waals surface area contributed by atoms with Crippen LogP contribution in [-0.2, 0) is 0 Å². The van der Waals surface area contributed by atoms with E-state index in [1.807, 2.05) is 38.4 Å². The van der Waals surface area contributed by atoms with E-state index in [0.29, 0.717) is 11.5 Å². The van der Waals surface area contributed by atoms with Gasteiger partial charge in [-0.3, -0.25) is 4.79 Å². The van der Waals surface area contributed by atoms with E-state index in [9.17, 15) is 4.79 Å². The van der Waals surface area contributed by atoms with Gasteiger partial charge in [0, 0.05) is 22.8 Å². The first-order valence-electron chi connectivity index (χ1n) is 7.32. The van der Waals surface area contributed by atoms with Crippen LogP contribution < -0.4 is 10.6 Å². The Bertz CT molecular complexity index is 645. The molecule has 0 bridgehead atoms. The molecule has 122 valence electrons. The summed E-state index contributed by atoms with van der Waals surface area (Å²) in [4.78, 5) is 22.5. The number of halogens is 1. The molecule has 0 aliphatic carbocycles. The number of carbonyl (C=O) groups is 1. The van der Waals surface area contributed by atoms with E-state index in [1.165, 1.54) is 6.33 Å². The Morgan fingerprint density at radius 3 is 2.65 bits per heavy atom. The molecule has 2 rings (SSSR count). The highest BCUT2D eigenvalue weighted by molar-refractivity contribution is 9.10. The Labute approximate surface area is 144 Å². The van der Waals surface area contributed by atoms with E-state index in [-0.39, 0.29) is 5.91 Å². The number of nitrogens with one attached hydrogen (secondary N) is 2. The Kier molecular flexibility index (Phi) is 6.49. The zero-order valence-electron chi connectivity index (χ0n) is 13.2. The van der Waals surface area contributed by atoms with Crippen LogP contribution in [0, 0.1) is 0 Å². The fraction of sp³-hybridized carbons (Fsp3) is 0.312. The van der Waals surface area contributed by atoms with Gasteiger partial charge in [0.1, 0.15) is 17.8 Å². The Balaban J connectivity index is 1.92. The molecule has 0 saturated carbocycles. The molecule has 0 atom stereocenters. The van der Waals surface area contributed by atoms with Gasteiger partial charge in [0.15, 0.2) is 0 Å². The molecule has 2 N–H and O–H groups in total. The first-order chi connectivity index (χ1) is 11.0. The molecule has 23 heavy (non-hydrogen) atoms. The van der Waals surface area contributed by atoms with Gasteiger partial charge in [-0.2, -0.15) is 0 Å². The van der Waals surface area contributed by atoms with Gasteiger partial charge in [-0.1, -0.05) is 15.9 Å². The van der Waals surface area contributed by atoms with Crippen LogP contribution in [0.5, 0.6) is 0 Å². The summed E-state index contributed by atoms with van der Waals surface area (Å²) in [7, 11) is 4.07. The van der Waals surface area contributed by atoms with Crippen molar-refractivity contribution in [1.82, 2.24) is 14.9 Å². The summed E-state index contributed by atoms with van der Waals surface area (Å²) in [5.74, 6) is 0.394. The molecular weight excluding hydrogens is 358 g/mol. The fourth-order valence-electron chi connectivity index (χ4n) is 1.92. The second kappa shape index (κ2) is 8.59. The minimum atomic E-state index is -0.258. The van der Waals surface area contributed by atoms with Gasteiger partial charge >= 0.3 is 0 Å². The predicted molar refractivity (Wildman–Crippen MR) is 95.8 cm³/mol. The topological polar surface area (TPSA) is 70.2 Å². The monoisotopic (exact) mass is 377 g/mol. The molecule has 1 amide bonds. The number of nitrogens with zero attached hydrogens (tertiary/aromatic N) is 3. The van der Waals surface area contributed by atoms with Crippen LogP contribution in [0.15, 0.2) is 41.1 Å². The van der Waals surface area contributed by atoms with Gasteiger partial charge in [0.05, 0.1) is 0 Å². The second-order valence-corrected chi connectivity index (χ2v) is 6.25. The average Bonchev–Trinajstić information content (AvgIpc) is 2.54. The van der Waals surface area contributed by atoms with E-state index in [1.54, 1.807) is 6.07 Å². The van der Waals surface area contributed by atoms with Crippen molar-refractivity contribution in [3.05, 3.63) is 46.8 Å². The van der Waals surface area contributed by atoms with Crippen molar-refractivity contribution in [3.63, 3.8) is 0 Å². The maximum atomic E-state index is 12.2. The van der Waals surface area contributed by atoms with Crippen LogP contribution in [0.3, 0.4) is 0 Å². The van der Waals surface area contributed by atoms with Gasteiger partial charge in [-0.15, -0.1) is 0 Å². The van der Waals surface area contributed by atoms with Crippen LogP contribution in [-0.4, -0.2) is 48.0 Å². The SMILES string of the molecule is CN(C)CCCNc1cc(C(=O)Nc2ccc(Br)cc2)ncn1. The summed E-state index contributed by atoms with van der Waals surface area (Å²) in [5, 5.41) is 6.01. The van der Waals surface area contributed by atoms with Crippen LogP contribution in [0.4, 0.5) is 11.5 Å². The highest BCUT2D eigenvalue weighted by Gasteiger charge is 2.09. The molecule has 0 aliphatic heterocycles. The minimum Gasteiger partial charge on any atom is -0.370 e. The highest BCUT2D eigenvalue weighted by Crippen LogP contribution is 2.15. The van der Waals surface area contributed by atoms with Crippen LogP contribution in [0.1, 0.15) is 16.9 Å². The largest absolute Gasteiger partial charge is 0.370 e. The lowest BCUT2D eigenvalue weighted by Crippen LogP contribution is -2.17. The maximum absolute atomic E-state index is 12.2. The van der Waals surface area contributed by atoms with E-state index >= 15 is 0 Å². The van der Waals surface area contributed by atoms with Gasteiger partial charge in [0.25, 0.3) is 5.91 Å². The van der Waals surface area contributed by atoms with Crippen LogP contribution in [0.2, 0.25) is 0 Å². The molecular formula is C16H20BrN5O. The Hall–Kier alpha value is -1.99. The standard InChI is InChI=1S/C16H20BrN5O/c1-22(2)9-3-8-18-15-10-14(19-11-20-15)16(23)21-13-6-4-12(17)5-7-13/h4-7,10-11H,3,8-9H2,1-2H3,(H,21,23)(H,18,19,20). The third-order valence-corrected chi connectivity index (χ3v) is 3.62. The highest BCUT2D eigenvalue weighted by atomic mass is 79.9. The summed E-state index contributed by atoms with van der Waals surface area (Å²) in [6, 6.07) is 9.04. The number of amides is 1. The molecule has 0 spiro atoms. The van der Waals surface area contributed by atoms with Crippen molar-refractivity contribution >= 4 is 33.3 Å². The molecule has 1 aromatic carbocycles. The minimum absolute atomic E-state index is 0.258. The van der Waals surface area contributed by atoms with Gasteiger partial charge in [0.2, 0.25) is 0 Å². The lowest BCUT2D eigenvalue weighted by molar-refractivity contribution is 0.102. The number of hydrogen-bond acceptors (Lipinski definition) is 5. The quantitative estimate of drug-likeness (QED) is 0.726.